The lowest BCUT2D eigenvalue weighted by Crippen LogP contribution is -2.48. The Hall–Kier alpha value is -0.490. The van der Waals surface area contributed by atoms with Gasteiger partial charge in [-0.3, -0.25) is 4.79 Å². The summed E-state index contributed by atoms with van der Waals surface area (Å²) < 4.78 is 0. The zero-order valence-corrected chi connectivity index (χ0v) is 7.20. The van der Waals surface area contributed by atoms with E-state index in [4.69, 9.17) is 22.9 Å². The summed E-state index contributed by atoms with van der Waals surface area (Å²) in [5.41, 5.74) is 21.1. The fraction of sp³-hybridized carbons (Fsp3) is 0.857. The first-order valence-electron chi connectivity index (χ1n) is 4.10. The molecule has 0 heterocycles. The monoisotopic (exact) mass is 174 g/mol. The van der Waals surface area contributed by atoms with Crippen molar-refractivity contribution in [3.05, 3.63) is 0 Å². The van der Waals surface area contributed by atoms with E-state index in [2.05, 4.69) is 0 Å². The molecule has 0 aliphatic rings. The summed E-state index contributed by atoms with van der Waals surface area (Å²) in [5.74, 6) is -0.285. The van der Waals surface area contributed by atoms with E-state index in [1.165, 1.54) is 0 Å². The highest BCUT2D eigenvalue weighted by atomic mass is 16.1. The van der Waals surface area contributed by atoms with Crippen LogP contribution in [0.5, 0.6) is 0 Å². The Kier molecular flexibility index (Phi) is 5.83. The number of Topliss-reactive ketones (excluding diaryl/α,β-unsaturated/α-hetero) is 1. The Morgan fingerprint density at radius 1 is 1.17 bits per heavy atom. The number of carbonyl (C=O) groups excluding carboxylic acids is 1. The third-order valence-corrected chi connectivity index (χ3v) is 1.66. The maximum atomic E-state index is 11.0. The highest BCUT2D eigenvalue weighted by Gasteiger charge is 2.16. The van der Waals surface area contributed by atoms with Gasteiger partial charge in [-0.1, -0.05) is 6.42 Å². The first-order chi connectivity index (χ1) is 5.59. The van der Waals surface area contributed by atoms with E-state index < -0.39 is 12.2 Å². The van der Waals surface area contributed by atoms with Crippen LogP contribution in [-0.2, 0) is 4.79 Å². The second kappa shape index (κ2) is 6.07. The molecule has 0 spiro atoms. The second-order valence-corrected chi connectivity index (χ2v) is 2.82. The molecule has 0 aromatic carbocycles. The van der Waals surface area contributed by atoms with E-state index in [1.807, 2.05) is 0 Å². The predicted octanol–water partition coefficient (Wildman–Crippen LogP) is -1.74. The molecule has 0 saturated carbocycles. The van der Waals surface area contributed by atoms with E-state index in [1.54, 1.807) is 0 Å². The van der Waals surface area contributed by atoms with Gasteiger partial charge in [-0.25, -0.2) is 0 Å². The third kappa shape index (κ3) is 4.40. The fourth-order valence-electron chi connectivity index (χ4n) is 0.898. The molecule has 5 nitrogen and oxygen atoms in total. The van der Waals surface area contributed by atoms with Crippen LogP contribution >= 0.6 is 0 Å². The molecule has 0 fully saturated rings. The molecule has 72 valence electrons. The number of hydrogen-bond acceptors (Lipinski definition) is 5. The van der Waals surface area contributed by atoms with Crippen molar-refractivity contribution in [2.75, 3.05) is 6.54 Å². The van der Waals surface area contributed by atoms with Gasteiger partial charge in [-0.2, -0.15) is 0 Å². The van der Waals surface area contributed by atoms with Gasteiger partial charge in [0, 0.05) is 0 Å². The average molecular weight is 174 g/mol. The van der Waals surface area contributed by atoms with E-state index in [0.717, 1.165) is 12.8 Å². The summed E-state index contributed by atoms with van der Waals surface area (Å²) in [5, 5.41) is 0. The van der Waals surface area contributed by atoms with E-state index in [0.29, 0.717) is 13.0 Å². The maximum Gasteiger partial charge on any atom is 0.180 e. The van der Waals surface area contributed by atoms with Gasteiger partial charge in [0.25, 0.3) is 0 Å². The summed E-state index contributed by atoms with van der Waals surface area (Å²) in [6, 6.07) is -0.531. The highest BCUT2D eigenvalue weighted by molar-refractivity contribution is 5.87. The van der Waals surface area contributed by atoms with Crippen LogP contribution in [0.1, 0.15) is 19.3 Å². The molecule has 12 heavy (non-hydrogen) atoms. The van der Waals surface area contributed by atoms with Gasteiger partial charge in [-0.05, 0) is 19.4 Å². The van der Waals surface area contributed by atoms with Crippen molar-refractivity contribution < 1.29 is 4.79 Å². The lowest BCUT2D eigenvalue weighted by atomic mass is 10.1. The Labute approximate surface area is 72.4 Å². The molecule has 0 unspecified atom stereocenters. The Bertz CT molecular complexity index is 137. The maximum absolute atomic E-state index is 11.0. The molecule has 1 atom stereocenters. The molecule has 0 radical (unpaired) electrons. The number of ketones is 1. The normalized spacial score (nSPS) is 13.4. The van der Waals surface area contributed by atoms with Crippen LogP contribution < -0.4 is 22.9 Å². The molecule has 8 N–H and O–H groups in total. The standard InChI is InChI=1S/C7H18N4O/c8-4-2-1-3-5(9)6(12)7(10)11/h5,7H,1-4,8-11H2/t5-/m0/s1. The van der Waals surface area contributed by atoms with Crippen molar-refractivity contribution in [1.82, 2.24) is 0 Å². The van der Waals surface area contributed by atoms with Crippen molar-refractivity contribution in [1.29, 1.82) is 0 Å². The molecule has 0 saturated heterocycles. The first-order valence-corrected chi connectivity index (χ1v) is 4.10. The minimum atomic E-state index is -0.946. The van der Waals surface area contributed by atoms with Crippen molar-refractivity contribution >= 4 is 5.78 Å². The highest BCUT2D eigenvalue weighted by Crippen LogP contribution is 1.98. The lowest BCUT2D eigenvalue weighted by molar-refractivity contribution is -0.121. The molecule has 0 aromatic heterocycles. The Morgan fingerprint density at radius 2 is 1.75 bits per heavy atom. The Morgan fingerprint density at radius 3 is 2.17 bits per heavy atom. The van der Waals surface area contributed by atoms with E-state index in [9.17, 15) is 4.79 Å². The number of unbranched alkanes of at least 4 members (excludes halogenated alkanes) is 1. The zero-order valence-electron chi connectivity index (χ0n) is 7.20. The number of hydrogen-bond donors (Lipinski definition) is 4. The van der Waals surface area contributed by atoms with E-state index in [-0.39, 0.29) is 5.78 Å². The van der Waals surface area contributed by atoms with Gasteiger partial charge in [0.15, 0.2) is 5.78 Å². The first kappa shape index (κ1) is 11.5. The van der Waals surface area contributed by atoms with Gasteiger partial charge in [0.2, 0.25) is 0 Å². The molecular weight excluding hydrogens is 156 g/mol. The number of nitrogens with two attached hydrogens (primary N) is 4. The molecular formula is C7H18N4O. The summed E-state index contributed by atoms with van der Waals surface area (Å²) in [6.07, 6.45) is 1.38. The van der Waals surface area contributed by atoms with E-state index >= 15 is 0 Å². The third-order valence-electron chi connectivity index (χ3n) is 1.66. The molecule has 0 aliphatic carbocycles. The summed E-state index contributed by atoms with van der Waals surface area (Å²) in [6.45, 7) is 0.621. The van der Waals surface area contributed by atoms with Crippen molar-refractivity contribution in [3.63, 3.8) is 0 Å². The Balaban J connectivity index is 3.57. The minimum absolute atomic E-state index is 0.285. The molecule has 0 rings (SSSR count). The van der Waals surface area contributed by atoms with Crippen LogP contribution in [-0.4, -0.2) is 24.5 Å². The van der Waals surface area contributed by atoms with Gasteiger partial charge in [0.05, 0.1) is 6.04 Å². The van der Waals surface area contributed by atoms with Crippen LogP contribution in [0.3, 0.4) is 0 Å². The molecule has 5 heteroatoms. The van der Waals surface area contributed by atoms with Crippen LogP contribution in [0, 0.1) is 0 Å². The number of rotatable bonds is 6. The quantitative estimate of drug-likeness (QED) is 0.281. The van der Waals surface area contributed by atoms with Gasteiger partial charge >= 0.3 is 0 Å². The lowest BCUT2D eigenvalue weighted by Gasteiger charge is -2.11. The molecule has 0 amide bonds. The summed E-state index contributed by atoms with van der Waals surface area (Å²) in [4.78, 5) is 11.0. The second-order valence-electron chi connectivity index (χ2n) is 2.82. The van der Waals surface area contributed by atoms with Gasteiger partial charge in [-0.15, -0.1) is 0 Å². The minimum Gasteiger partial charge on any atom is -0.330 e. The SMILES string of the molecule is NCCCC[C@H](N)C(=O)C(N)N. The zero-order chi connectivity index (χ0) is 9.56. The molecule has 0 aliphatic heterocycles. The van der Waals surface area contributed by atoms with Crippen LogP contribution in [0.25, 0.3) is 0 Å². The van der Waals surface area contributed by atoms with Crippen molar-refractivity contribution in [3.8, 4) is 0 Å². The van der Waals surface area contributed by atoms with Crippen LogP contribution in [0.15, 0.2) is 0 Å². The van der Waals surface area contributed by atoms with Crippen molar-refractivity contribution in [2.24, 2.45) is 22.9 Å². The average Bonchev–Trinajstić information content (AvgIpc) is 2.03. The van der Waals surface area contributed by atoms with Gasteiger partial charge < -0.3 is 22.9 Å². The predicted molar refractivity (Wildman–Crippen MR) is 48.1 cm³/mol. The fourth-order valence-corrected chi connectivity index (χ4v) is 0.898. The topological polar surface area (TPSA) is 121 Å². The van der Waals surface area contributed by atoms with Crippen molar-refractivity contribution in [2.45, 2.75) is 31.5 Å². The van der Waals surface area contributed by atoms with Gasteiger partial charge in [0.1, 0.15) is 6.17 Å². The van der Waals surface area contributed by atoms with Crippen LogP contribution in [0.2, 0.25) is 0 Å². The smallest absolute Gasteiger partial charge is 0.180 e. The number of carbonyl (C=O) groups is 1. The largest absolute Gasteiger partial charge is 0.330 e. The molecule has 0 aromatic rings. The molecule has 0 bridgehead atoms. The summed E-state index contributed by atoms with van der Waals surface area (Å²) >= 11 is 0. The summed E-state index contributed by atoms with van der Waals surface area (Å²) in [7, 11) is 0. The van der Waals surface area contributed by atoms with Crippen LogP contribution in [0.4, 0.5) is 0 Å².